The Labute approximate surface area is 117 Å². The number of nitrogens with zero attached hydrogens (tertiary/aromatic N) is 2. The molecule has 0 saturated heterocycles. The molecule has 1 atom stereocenters. The van der Waals surface area contributed by atoms with E-state index >= 15 is 0 Å². The highest BCUT2D eigenvalue weighted by Gasteiger charge is 2.36. The van der Waals surface area contributed by atoms with Crippen molar-refractivity contribution in [3.8, 4) is 11.9 Å². The fourth-order valence-corrected chi connectivity index (χ4v) is 2.49. The first-order valence-corrected chi connectivity index (χ1v) is 6.28. The first-order chi connectivity index (χ1) is 9.11. The molecule has 1 aliphatic rings. The molecule has 0 bridgehead atoms. The molecule has 6 nitrogen and oxygen atoms in total. The molecule has 0 amide bonds. The summed E-state index contributed by atoms with van der Waals surface area (Å²) in [7, 11) is 0. The largest absolute Gasteiger partial charge is 0.453 e. The molecule has 3 N–H and O–H groups in total. The van der Waals surface area contributed by atoms with Gasteiger partial charge in [0.05, 0.1) is 11.5 Å². The number of rotatable bonds is 1. The van der Waals surface area contributed by atoms with Crippen LogP contribution in [0.1, 0.15) is 22.9 Å². The van der Waals surface area contributed by atoms with Gasteiger partial charge in [0, 0.05) is 5.69 Å². The summed E-state index contributed by atoms with van der Waals surface area (Å²) in [6.45, 7) is 1.86. The number of allylic oxidation sites excluding steroid dienone is 1. The van der Waals surface area contributed by atoms with Crippen LogP contribution in [-0.4, -0.2) is 10.2 Å². The van der Waals surface area contributed by atoms with E-state index in [4.69, 9.17) is 14.9 Å². The predicted molar refractivity (Wildman–Crippen MR) is 69.0 cm³/mol. The van der Waals surface area contributed by atoms with Gasteiger partial charge in [-0.1, -0.05) is 0 Å². The Hall–Kier alpha value is -2.20. The van der Waals surface area contributed by atoms with Gasteiger partial charge in [-0.3, -0.25) is 5.10 Å². The minimum absolute atomic E-state index is 0.0547. The third-order valence-corrected chi connectivity index (χ3v) is 3.43. The van der Waals surface area contributed by atoms with Crippen molar-refractivity contribution in [2.24, 2.45) is 5.73 Å². The second-order valence-electron chi connectivity index (χ2n) is 4.13. The number of hydrogen-bond acceptors (Lipinski definition) is 5. The van der Waals surface area contributed by atoms with Gasteiger partial charge >= 0.3 is 0 Å². The van der Waals surface area contributed by atoms with E-state index in [2.05, 4.69) is 32.2 Å². The fourth-order valence-electron chi connectivity index (χ4n) is 2.17. The number of nitrogens with two attached hydrogens (primary N) is 1. The van der Waals surface area contributed by atoms with Crippen LogP contribution in [-0.2, 0) is 0 Å². The minimum atomic E-state index is -0.404. The smallest absolute Gasteiger partial charge is 0.244 e. The van der Waals surface area contributed by atoms with Crippen LogP contribution < -0.4 is 10.5 Å². The summed E-state index contributed by atoms with van der Waals surface area (Å²) in [5, 5.41) is 16.2. The van der Waals surface area contributed by atoms with E-state index in [1.807, 2.05) is 6.92 Å². The third kappa shape index (κ3) is 1.72. The van der Waals surface area contributed by atoms with Gasteiger partial charge < -0.3 is 14.9 Å². The van der Waals surface area contributed by atoms with E-state index < -0.39 is 5.92 Å². The van der Waals surface area contributed by atoms with Gasteiger partial charge in [0.1, 0.15) is 17.4 Å². The van der Waals surface area contributed by atoms with E-state index in [1.54, 1.807) is 12.1 Å². The average Bonchev–Trinajstić information content (AvgIpc) is 2.95. The highest BCUT2D eigenvalue weighted by molar-refractivity contribution is 9.10. The quantitative estimate of drug-likeness (QED) is 0.839. The Bertz CT molecular complexity index is 722. The topological polar surface area (TPSA) is 101 Å². The first kappa shape index (κ1) is 11.9. The van der Waals surface area contributed by atoms with Crippen LogP contribution in [0.2, 0.25) is 0 Å². The molecule has 7 heteroatoms. The summed E-state index contributed by atoms with van der Waals surface area (Å²) in [5.74, 6) is 0.643. The van der Waals surface area contributed by atoms with Gasteiger partial charge in [0.25, 0.3) is 0 Å². The van der Waals surface area contributed by atoms with Gasteiger partial charge in [-0.2, -0.15) is 5.26 Å². The van der Waals surface area contributed by atoms with Crippen LogP contribution >= 0.6 is 15.9 Å². The lowest BCUT2D eigenvalue weighted by Crippen LogP contribution is -2.20. The molecule has 1 aliphatic heterocycles. The summed E-state index contributed by atoms with van der Waals surface area (Å²) in [6.07, 6.45) is 0. The van der Waals surface area contributed by atoms with Crippen LogP contribution in [0.4, 0.5) is 0 Å². The summed E-state index contributed by atoms with van der Waals surface area (Å²) in [6, 6.07) is 5.64. The van der Waals surface area contributed by atoms with E-state index in [0.29, 0.717) is 21.9 Å². The minimum Gasteiger partial charge on any atom is -0.453 e. The second-order valence-corrected chi connectivity index (χ2v) is 4.92. The summed E-state index contributed by atoms with van der Waals surface area (Å²) in [5.41, 5.74) is 7.68. The lowest BCUT2D eigenvalue weighted by Gasteiger charge is -2.21. The van der Waals surface area contributed by atoms with Gasteiger partial charge in [-0.05, 0) is 35.0 Å². The van der Waals surface area contributed by atoms with Crippen molar-refractivity contribution >= 4 is 15.9 Å². The number of nitrogens with one attached hydrogen (secondary N) is 1. The van der Waals surface area contributed by atoms with Crippen molar-refractivity contribution in [1.29, 1.82) is 5.26 Å². The summed E-state index contributed by atoms with van der Waals surface area (Å²) in [4.78, 5) is 0. The van der Waals surface area contributed by atoms with E-state index in [9.17, 15) is 5.26 Å². The Morgan fingerprint density at radius 1 is 1.53 bits per heavy atom. The maximum atomic E-state index is 9.30. The van der Waals surface area contributed by atoms with Crippen molar-refractivity contribution < 1.29 is 9.15 Å². The first-order valence-electron chi connectivity index (χ1n) is 5.49. The number of nitriles is 1. The summed E-state index contributed by atoms with van der Waals surface area (Å²) < 4.78 is 11.5. The molecule has 1 unspecified atom stereocenters. The molecule has 3 rings (SSSR count). The molecule has 0 saturated carbocycles. The van der Waals surface area contributed by atoms with Crippen molar-refractivity contribution in [3.05, 3.63) is 45.3 Å². The number of aryl methyl sites for hydroxylation is 1. The molecule has 0 spiro atoms. The van der Waals surface area contributed by atoms with E-state index in [-0.39, 0.29) is 5.88 Å². The normalized spacial score (nSPS) is 17.8. The molecular formula is C12H9BrN4O2. The van der Waals surface area contributed by atoms with E-state index in [1.165, 1.54) is 0 Å². The molecule has 96 valence electrons. The molecule has 2 aromatic rings. The van der Waals surface area contributed by atoms with Gasteiger partial charge in [-0.15, -0.1) is 5.10 Å². The van der Waals surface area contributed by atoms with Crippen molar-refractivity contribution in [1.82, 2.24) is 10.2 Å². The van der Waals surface area contributed by atoms with Crippen LogP contribution in [0, 0.1) is 18.3 Å². The summed E-state index contributed by atoms with van der Waals surface area (Å²) >= 11 is 3.25. The Morgan fingerprint density at radius 3 is 2.95 bits per heavy atom. The maximum Gasteiger partial charge on any atom is 0.244 e. The predicted octanol–water partition coefficient (Wildman–Crippen LogP) is 2.29. The van der Waals surface area contributed by atoms with Gasteiger partial charge in [0.2, 0.25) is 11.8 Å². The maximum absolute atomic E-state index is 9.30. The Kier molecular flexibility index (Phi) is 2.61. The average molecular weight is 321 g/mol. The zero-order valence-electron chi connectivity index (χ0n) is 9.90. The number of aromatic nitrogens is 2. The van der Waals surface area contributed by atoms with Crippen molar-refractivity contribution in [2.75, 3.05) is 0 Å². The Balaban J connectivity index is 2.24. The van der Waals surface area contributed by atoms with E-state index in [0.717, 1.165) is 11.3 Å². The van der Waals surface area contributed by atoms with Crippen LogP contribution in [0.3, 0.4) is 0 Å². The molecule has 2 aromatic heterocycles. The Morgan fingerprint density at radius 2 is 2.32 bits per heavy atom. The number of ether oxygens (including phenoxy) is 1. The molecule has 0 fully saturated rings. The lowest BCUT2D eigenvalue weighted by molar-refractivity contribution is 0.369. The van der Waals surface area contributed by atoms with Crippen LogP contribution in [0.25, 0.3) is 0 Å². The molecule has 0 aromatic carbocycles. The number of H-pyrrole nitrogens is 1. The number of aromatic amines is 1. The monoisotopic (exact) mass is 320 g/mol. The molecule has 0 radical (unpaired) electrons. The van der Waals surface area contributed by atoms with Gasteiger partial charge in [-0.25, -0.2) is 0 Å². The number of halogens is 1. The zero-order valence-corrected chi connectivity index (χ0v) is 11.5. The van der Waals surface area contributed by atoms with Crippen molar-refractivity contribution in [2.45, 2.75) is 12.8 Å². The van der Waals surface area contributed by atoms with Crippen molar-refractivity contribution in [3.63, 3.8) is 0 Å². The number of fused-ring (bicyclic) bond motifs is 1. The number of hydrogen-bond donors (Lipinski definition) is 2. The molecule has 19 heavy (non-hydrogen) atoms. The van der Waals surface area contributed by atoms with Crippen LogP contribution in [0.15, 0.2) is 32.7 Å². The fraction of sp³-hybridized carbons (Fsp3) is 0.167. The highest BCUT2D eigenvalue weighted by atomic mass is 79.9. The van der Waals surface area contributed by atoms with Crippen LogP contribution in [0.5, 0.6) is 5.88 Å². The molecule has 3 heterocycles. The molecular weight excluding hydrogens is 312 g/mol. The second kappa shape index (κ2) is 4.17. The number of furan rings is 1. The van der Waals surface area contributed by atoms with Gasteiger partial charge in [0.15, 0.2) is 4.67 Å². The third-order valence-electron chi connectivity index (χ3n) is 3.01. The molecule has 0 aliphatic carbocycles. The SMILES string of the molecule is Cc1[nH]nc2c1C(c1ccc(Br)o1)C(C#N)=C(N)O2. The lowest BCUT2D eigenvalue weighted by atomic mass is 9.88. The standard InChI is InChI=1S/C12H9BrN4O2/c1-5-9-10(7-2-3-8(13)18-7)6(4-14)11(15)19-12(9)17-16-5/h2-3,10H,15H2,1H3,(H,16,17). The highest BCUT2D eigenvalue weighted by Crippen LogP contribution is 2.43. The zero-order chi connectivity index (χ0) is 13.6.